The van der Waals surface area contributed by atoms with E-state index in [1.54, 1.807) is 12.1 Å². The summed E-state index contributed by atoms with van der Waals surface area (Å²) < 4.78 is 23.6. The molecule has 0 amide bonds. The summed E-state index contributed by atoms with van der Waals surface area (Å²) in [5, 5.41) is 0. The summed E-state index contributed by atoms with van der Waals surface area (Å²) in [6, 6.07) is 12.3. The zero-order valence-electron chi connectivity index (χ0n) is 22.1. The lowest BCUT2D eigenvalue weighted by Gasteiger charge is -2.42. The van der Waals surface area contributed by atoms with Gasteiger partial charge in [-0.05, 0) is 112 Å². The summed E-state index contributed by atoms with van der Waals surface area (Å²) in [7, 11) is -3.21. The Bertz CT molecular complexity index is 1300. The fourth-order valence-electron chi connectivity index (χ4n) is 6.13. The van der Waals surface area contributed by atoms with Gasteiger partial charge in [-0.1, -0.05) is 19.9 Å². The van der Waals surface area contributed by atoms with Gasteiger partial charge in [0.1, 0.15) is 5.82 Å². The van der Waals surface area contributed by atoms with E-state index in [9.17, 15) is 8.42 Å². The van der Waals surface area contributed by atoms with Crippen LogP contribution in [0.25, 0.3) is 22.4 Å². The van der Waals surface area contributed by atoms with E-state index in [4.69, 9.17) is 4.98 Å². The molecule has 0 spiro atoms. The number of H-pyrrole nitrogens is 1. The molecule has 0 atom stereocenters. The standard InChI is InChI=1S/C29H40N4O2S/c1-20(2)19-32-13-11-25(12-14-32)33-15-9-22(10-16-33)24-17-21(3)28-27(18-24)30-29(31-28)23-5-7-26(8-6-23)36(4,34)35/h5-8,17-18,20,22,25H,9-16,19H2,1-4H3,(H,30,31). The average molecular weight is 509 g/mol. The average Bonchev–Trinajstić information content (AvgIpc) is 3.29. The summed E-state index contributed by atoms with van der Waals surface area (Å²) in [6.45, 7) is 12.9. The Hall–Kier alpha value is -2.22. The van der Waals surface area contributed by atoms with Gasteiger partial charge in [0, 0.05) is 24.4 Å². The number of piperidine rings is 2. The molecular formula is C29H40N4O2S. The van der Waals surface area contributed by atoms with Crippen LogP contribution < -0.4 is 0 Å². The minimum Gasteiger partial charge on any atom is -0.338 e. The minimum atomic E-state index is -3.21. The first-order valence-electron chi connectivity index (χ1n) is 13.4. The molecule has 194 valence electrons. The molecule has 7 heteroatoms. The number of nitrogens with one attached hydrogen (secondary N) is 1. The van der Waals surface area contributed by atoms with Crippen molar-refractivity contribution in [2.75, 3.05) is 39.0 Å². The number of aromatic amines is 1. The normalized spacial score (nSPS) is 19.5. The third-order valence-electron chi connectivity index (χ3n) is 8.05. The van der Waals surface area contributed by atoms with E-state index in [1.807, 2.05) is 12.1 Å². The second kappa shape index (κ2) is 10.3. The fourth-order valence-corrected chi connectivity index (χ4v) is 6.76. The zero-order valence-corrected chi connectivity index (χ0v) is 22.9. The Morgan fingerprint density at radius 1 is 1.00 bits per heavy atom. The zero-order chi connectivity index (χ0) is 25.4. The van der Waals surface area contributed by atoms with E-state index in [1.165, 1.54) is 75.8 Å². The van der Waals surface area contributed by atoms with Crippen LogP contribution in [0.2, 0.25) is 0 Å². The monoisotopic (exact) mass is 508 g/mol. The molecule has 0 radical (unpaired) electrons. The third-order valence-corrected chi connectivity index (χ3v) is 9.18. The summed E-state index contributed by atoms with van der Waals surface area (Å²) in [5.74, 6) is 2.12. The summed E-state index contributed by atoms with van der Waals surface area (Å²) in [4.78, 5) is 14.1. The number of benzene rings is 2. The number of sulfone groups is 1. The topological polar surface area (TPSA) is 69.3 Å². The Morgan fingerprint density at radius 2 is 1.67 bits per heavy atom. The number of nitrogens with zero attached hydrogens (tertiary/aromatic N) is 3. The van der Waals surface area contributed by atoms with Gasteiger partial charge in [-0.3, -0.25) is 0 Å². The Labute approximate surface area is 216 Å². The van der Waals surface area contributed by atoms with E-state index >= 15 is 0 Å². The predicted octanol–water partition coefficient (Wildman–Crippen LogP) is 5.24. The van der Waals surface area contributed by atoms with Crippen molar-refractivity contribution in [1.29, 1.82) is 0 Å². The highest BCUT2D eigenvalue weighted by molar-refractivity contribution is 7.90. The number of fused-ring (bicyclic) bond motifs is 1. The van der Waals surface area contributed by atoms with Gasteiger partial charge < -0.3 is 14.8 Å². The highest BCUT2D eigenvalue weighted by Gasteiger charge is 2.29. The first kappa shape index (κ1) is 25.4. The van der Waals surface area contributed by atoms with Crippen LogP contribution in [0, 0.1) is 12.8 Å². The van der Waals surface area contributed by atoms with Crippen LogP contribution in [-0.2, 0) is 9.84 Å². The van der Waals surface area contributed by atoms with Crippen LogP contribution in [0.1, 0.15) is 56.6 Å². The van der Waals surface area contributed by atoms with Crippen molar-refractivity contribution in [2.24, 2.45) is 5.92 Å². The summed E-state index contributed by atoms with van der Waals surface area (Å²) >= 11 is 0. The first-order chi connectivity index (χ1) is 17.2. The van der Waals surface area contributed by atoms with Crippen molar-refractivity contribution >= 4 is 20.9 Å². The van der Waals surface area contributed by atoms with Crippen molar-refractivity contribution in [3.63, 3.8) is 0 Å². The van der Waals surface area contributed by atoms with E-state index < -0.39 is 9.84 Å². The van der Waals surface area contributed by atoms with Crippen LogP contribution in [0.4, 0.5) is 0 Å². The number of rotatable bonds is 6. The number of hydrogen-bond donors (Lipinski definition) is 1. The Balaban J connectivity index is 1.25. The molecule has 6 nitrogen and oxygen atoms in total. The van der Waals surface area contributed by atoms with Gasteiger partial charge in [0.25, 0.3) is 0 Å². The molecule has 0 unspecified atom stereocenters. The number of likely N-dealkylation sites (tertiary alicyclic amines) is 2. The van der Waals surface area contributed by atoms with E-state index in [-0.39, 0.29) is 0 Å². The van der Waals surface area contributed by atoms with Crippen LogP contribution in [0.3, 0.4) is 0 Å². The molecule has 3 heterocycles. The van der Waals surface area contributed by atoms with Crippen molar-refractivity contribution in [3.05, 3.63) is 47.5 Å². The third kappa shape index (κ3) is 5.53. The lowest BCUT2D eigenvalue weighted by atomic mass is 9.87. The van der Waals surface area contributed by atoms with E-state index in [0.717, 1.165) is 34.4 Å². The van der Waals surface area contributed by atoms with E-state index in [0.29, 0.717) is 10.8 Å². The van der Waals surface area contributed by atoms with Crippen molar-refractivity contribution in [2.45, 2.75) is 63.3 Å². The summed E-state index contributed by atoms with van der Waals surface area (Å²) in [6.07, 6.45) is 6.28. The SMILES string of the molecule is Cc1cc(C2CCN(C3CCN(CC(C)C)CC3)CC2)cc2[nH]c(-c3ccc(S(C)(=O)=O)cc3)nc12. The molecule has 0 aliphatic carbocycles. The van der Waals surface area contributed by atoms with Gasteiger partial charge in [-0.25, -0.2) is 13.4 Å². The van der Waals surface area contributed by atoms with Gasteiger partial charge in [-0.2, -0.15) is 0 Å². The largest absolute Gasteiger partial charge is 0.338 e. The van der Waals surface area contributed by atoms with Crippen LogP contribution in [0.5, 0.6) is 0 Å². The number of hydrogen-bond acceptors (Lipinski definition) is 5. The molecule has 36 heavy (non-hydrogen) atoms. The van der Waals surface area contributed by atoms with Crippen LogP contribution in [-0.4, -0.2) is 73.2 Å². The molecule has 2 aliphatic heterocycles. The molecule has 1 aromatic heterocycles. The lowest BCUT2D eigenvalue weighted by molar-refractivity contribution is 0.0828. The number of aryl methyl sites for hydroxylation is 1. The van der Waals surface area contributed by atoms with Crippen molar-refractivity contribution in [3.8, 4) is 11.4 Å². The first-order valence-corrected chi connectivity index (χ1v) is 15.3. The predicted molar refractivity (Wildman–Crippen MR) is 147 cm³/mol. The Morgan fingerprint density at radius 3 is 2.28 bits per heavy atom. The molecule has 2 saturated heterocycles. The van der Waals surface area contributed by atoms with Gasteiger partial charge in [0.15, 0.2) is 9.84 Å². The quantitative estimate of drug-likeness (QED) is 0.493. The van der Waals surface area contributed by atoms with E-state index in [2.05, 4.69) is 47.7 Å². The molecule has 3 aromatic rings. The molecule has 2 aromatic carbocycles. The highest BCUT2D eigenvalue weighted by atomic mass is 32.2. The Kier molecular flexibility index (Phi) is 7.25. The van der Waals surface area contributed by atoms with Crippen LogP contribution >= 0.6 is 0 Å². The maximum atomic E-state index is 11.8. The van der Waals surface area contributed by atoms with Crippen molar-refractivity contribution < 1.29 is 8.42 Å². The van der Waals surface area contributed by atoms with Gasteiger partial charge in [0.05, 0.1) is 15.9 Å². The van der Waals surface area contributed by atoms with Gasteiger partial charge in [-0.15, -0.1) is 0 Å². The summed E-state index contributed by atoms with van der Waals surface area (Å²) in [5.41, 5.74) is 5.55. The molecule has 1 N–H and O–H groups in total. The number of imidazole rings is 1. The molecule has 0 bridgehead atoms. The smallest absolute Gasteiger partial charge is 0.175 e. The lowest BCUT2D eigenvalue weighted by Crippen LogP contribution is -2.48. The molecule has 2 aliphatic rings. The molecular weight excluding hydrogens is 468 g/mol. The second-order valence-corrected chi connectivity index (χ2v) is 13.4. The molecule has 5 rings (SSSR count). The van der Waals surface area contributed by atoms with Gasteiger partial charge >= 0.3 is 0 Å². The molecule has 0 saturated carbocycles. The van der Waals surface area contributed by atoms with Crippen molar-refractivity contribution in [1.82, 2.24) is 19.8 Å². The highest BCUT2D eigenvalue weighted by Crippen LogP contribution is 2.34. The van der Waals surface area contributed by atoms with Crippen LogP contribution in [0.15, 0.2) is 41.3 Å². The van der Waals surface area contributed by atoms with Gasteiger partial charge in [0.2, 0.25) is 0 Å². The second-order valence-electron chi connectivity index (χ2n) is 11.4. The molecule has 2 fully saturated rings. The minimum absolute atomic E-state index is 0.327. The maximum Gasteiger partial charge on any atom is 0.175 e. The maximum absolute atomic E-state index is 11.8. The number of aromatic nitrogens is 2. The fraction of sp³-hybridized carbons (Fsp3) is 0.552.